The average molecular weight is 212 g/mol. The van der Waals surface area contributed by atoms with E-state index in [-0.39, 0.29) is 32.4 Å². The van der Waals surface area contributed by atoms with Crippen molar-refractivity contribution in [2.75, 3.05) is 13.1 Å². The molecule has 2 N–H and O–H groups in total. The summed E-state index contributed by atoms with van der Waals surface area (Å²) >= 11 is 0. The van der Waals surface area contributed by atoms with Crippen molar-refractivity contribution in [3.8, 4) is 6.07 Å². The Balaban J connectivity index is 2.74. The van der Waals surface area contributed by atoms with E-state index in [0.717, 1.165) is 4.90 Å². The van der Waals surface area contributed by atoms with Gasteiger partial charge in [-0.05, 0) is 12.8 Å². The Morgan fingerprint density at radius 2 is 2.13 bits per heavy atom. The molecule has 6 nitrogen and oxygen atoms in total. The number of carboxylic acids is 1. The van der Waals surface area contributed by atoms with Crippen LogP contribution in [0.25, 0.3) is 0 Å². The fourth-order valence-electron chi connectivity index (χ4n) is 1.82. The molecule has 0 aromatic carbocycles. The molecule has 1 amide bonds. The number of hydrogen-bond donors (Lipinski definition) is 2. The molecule has 0 bridgehead atoms. The van der Waals surface area contributed by atoms with Gasteiger partial charge in [-0.2, -0.15) is 5.26 Å². The van der Waals surface area contributed by atoms with Gasteiger partial charge in [-0.3, -0.25) is 4.79 Å². The van der Waals surface area contributed by atoms with E-state index < -0.39 is 17.5 Å². The lowest BCUT2D eigenvalue weighted by Gasteiger charge is -2.22. The van der Waals surface area contributed by atoms with Crippen LogP contribution >= 0.6 is 0 Å². The highest BCUT2D eigenvalue weighted by Crippen LogP contribution is 2.35. The molecule has 0 aromatic heterocycles. The van der Waals surface area contributed by atoms with Gasteiger partial charge in [0, 0.05) is 19.5 Å². The number of carboxylic acid groups (broad SMARTS) is 2. The molecule has 0 aliphatic carbocycles. The lowest BCUT2D eigenvalue weighted by atomic mass is 9.83. The van der Waals surface area contributed by atoms with Gasteiger partial charge in [0.05, 0.1) is 11.5 Å². The van der Waals surface area contributed by atoms with Gasteiger partial charge in [-0.1, -0.05) is 0 Å². The molecule has 0 radical (unpaired) electrons. The minimum atomic E-state index is -1.10. The first-order valence-electron chi connectivity index (χ1n) is 4.60. The second-order valence-electron chi connectivity index (χ2n) is 3.70. The number of nitrogens with zero attached hydrogens (tertiary/aromatic N) is 2. The van der Waals surface area contributed by atoms with Gasteiger partial charge in [0.15, 0.2) is 0 Å². The van der Waals surface area contributed by atoms with Gasteiger partial charge < -0.3 is 15.1 Å². The van der Waals surface area contributed by atoms with Crippen LogP contribution in [0.2, 0.25) is 0 Å². The first kappa shape index (κ1) is 11.3. The number of amides is 1. The Morgan fingerprint density at radius 1 is 1.47 bits per heavy atom. The summed E-state index contributed by atoms with van der Waals surface area (Å²) < 4.78 is 0. The van der Waals surface area contributed by atoms with E-state index in [1.807, 2.05) is 6.07 Å². The van der Waals surface area contributed by atoms with E-state index in [1.54, 1.807) is 0 Å². The summed E-state index contributed by atoms with van der Waals surface area (Å²) in [6.45, 7) is 0.215. The normalized spacial score (nSPS) is 24.9. The zero-order valence-corrected chi connectivity index (χ0v) is 8.14. The Labute approximate surface area is 86.7 Å². The van der Waals surface area contributed by atoms with E-state index in [1.165, 1.54) is 0 Å². The molecule has 82 valence electrons. The molecule has 6 heteroatoms. The van der Waals surface area contributed by atoms with E-state index in [0.29, 0.717) is 0 Å². The molecule has 0 saturated carbocycles. The number of likely N-dealkylation sites (tertiary alicyclic amines) is 1. The van der Waals surface area contributed by atoms with Gasteiger partial charge >= 0.3 is 12.1 Å². The molecular weight excluding hydrogens is 200 g/mol. The van der Waals surface area contributed by atoms with Crippen molar-refractivity contribution >= 4 is 12.1 Å². The first-order valence-corrected chi connectivity index (χ1v) is 4.60. The third-order valence-corrected chi connectivity index (χ3v) is 2.79. The third kappa shape index (κ3) is 2.18. The molecule has 1 atom stereocenters. The highest BCUT2D eigenvalue weighted by Gasteiger charge is 2.45. The summed E-state index contributed by atoms with van der Waals surface area (Å²) in [6, 6.07) is 1.89. The summed E-state index contributed by atoms with van der Waals surface area (Å²) in [5.74, 6) is -1.01. The average Bonchev–Trinajstić information content (AvgIpc) is 2.60. The molecule has 1 fully saturated rings. The molecule has 0 spiro atoms. The van der Waals surface area contributed by atoms with Crippen LogP contribution in [-0.4, -0.2) is 40.3 Å². The monoisotopic (exact) mass is 212 g/mol. The molecule has 1 aliphatic heterocycles. The van der Waals surface area contributed by atoms with Crippen LogP contribution in [-0.2, 0) is 4.79 Å². The number of carbonyl (C=O) groups is 2. The molecule has 0 aromatic rings. The fourth-order valence-corrected chi connectivity index (χ4v) is 1.82. The minimum Gasteiger partial charge on any atom is -0.481 e. The van der Waals surface area contributed by atoms with Gasteiger partial charge in [0.25, 0.3) is 0 Å². The summed E-state index contributed by atoms with van der Waals surface area (Å²) in [7, 11) is 0. The van der Waals surface area contributed by atoms with Crippen LogP contribution in [0.1, 0.15) is 19.3 Å². The van der Waals surface area contributed by atoms with Crippen LogP contribution in [0.15, 0.2) is 0 Å². The van der Waals surface area contributed by atoms with E-state index in [2.05, 4.69) is 0 Å². The maximum absolute atomic E-state index is 11.1. The van der Waals surface area contributed by atoms with E-state index in [9.17, 15) is 9.59 Å². The number of hydrogen-bond acceptors (Lipinski definition) is 3. The zero-order valence-electron chi connectivity index (χ0n) is 8.14. The quantitative estimate of drug-likeness (QED) is 0.718. The highest BCUT2D eigenvalue weighted by atomic mass is 16.4. The molecule has 1 saturated heterocycles. The molecule has 1 rings (SSSR count). The Bertz CT molecular complexity index is 323. The number of rotatable bonds is 3. The van der Waals surface area contributed by atoms with Gasteiger partial charge in [0.1, 0.15) is 0 Å². The molecule has 15 heavy (non-hydrogen) atoms. The largest absolute Gasteiger partial charge is 0.481 e. The predicted molar refractivity (Wildman–Crippen MR) is 49.1 cm³/mol. The smallest absolute Gasteiger partial charge is 0.407 e. The van der Waals surface area contributed by atoms with Crippen LogP contribution in [0.5, 0.6) is 0 Å². The fraction of sp³-hybridized carbons (Fsp3) is 0.667. The van der Waals surface area contributed by atoms with Crippen LogP contribution in [0.4, 0.5) is 4.79 Å². The summed E-state index contributed by atoms with van der Waals surface area (Å²) in [5.41, 5.74) is -1.06. The topological polar surface area (TPSA) is 102 Å². The molecular formula is C9H12N2O4. The maximum atomic E-state index is 11.1. The van der Waals surface area contributed by atoms with Crippen molar-refractivity contribution in [1.82, 2.24) is 4.90 Å². The second-order valence-corrected chi connectivity index (χ2v) is 3.70. The standard InChI is InChI=1S/C9H12N2O4/c10-4-1-2-9(7(12)13)3-5-11(6-9)8(14)15/h1-3,5-6H2,(H,12,13)(H,14,15). The summed E-state index contributed by atoms with van der Waals surface area (Å²) in [4.78, 5) is 22.8. The summed E-state index contributed by atoms with van der Waals surface area (Å²) in [6.07, 6.45) is -0.464. The SMILES string of the molecule is N#CCCC1(C(=O)O)CCN(C(=O)O)C1. The third-order valence-electron chi connectivity index (χ3n) is 2.79. The van der Waals surface area contributed by atoms with Crippen molar-refractivity contribution in [3.63, 3.8) is 0 Å². The van der Waals surface area contributed by atoms with Crippen LogP contribution in [0, 0.1) is 16.7 Å². The van der Waals surface area contributed by atoms with Crippen LogP contribution in [0.3, 0.4) is 0 Å². The van der Waals surface area contributed by atoms with Crippen LogP contribution < -0.4 is 0 Å². The summed E-state index contributed by atoms with van der Waals surface area (Å²) in [5, 5.41) is 26.2. The van der Waals surface area contributed by atoms with Gasteiger partial charge in [-0.25, -0.2) is 4.79 Å². The highest BCUT2D eigenvalue weighted by molar-refractivity contribution is 5.77. The van der Waals surface area contributed by atoms with Crippen molar-refractivity contribution in [3.05, 3.63) is 0 Å². The molecule has 1 heterocycles. The molecule has 1 aliphatic rings. The van der Waals surface area contributed by atoms with E-state index >= 15 is 0 Å². The van der Waals surface area contributed by atoms with Crippen molar-refractivity contribution in [1.29, 1.82) is 5.26 Å². The van der Waals surface area contributed by atoms with Crippen molar-refractivity contribution in [2.45, 2.75) is 19.3 Å². The van der Waals surface area contributed by atoms with Crippen molar-refractivity contribution in [2.24, 2.45) is 5.41 Å². The zero-order chi connectivity index (χ0) is 11.5. The number of nitriles is 1. The predicted octanol–water partition coefficient (Wildman–Crippen LogP) is 0.745. The Kier molecular flexibility index (Phi) is 3.14. The maximum Gasteiger partial charge on any atom is 0.407 e. The Hall–Kier alpha value is -1.77. The first-order chi connectivity index (χ1) is 7.02. The van der Waals surface area contributed by atoms with Crippen molar-refractivity contribution < 1.29 is 19.8 Å². The van der Waals surface area contributed by atoms with Gasteiger partial charge in [-0.15, -0.1) is 0 Å². The lowest BCUT2D eigenvalue weighted by Crippen LogP contribution is -2.36. The minimum absolute atomic E-state index is 0.0145. The van der Waals surface area contributed by atoms with E-state index in [4.69, 9.17) is 15.5 Å². The van der Waals surface area contributed by atoms with Gasteiger partial charge in [0.2, 0.25) is 0 Å². The second kappa shape index (κ2) is 4.17. The lowest BCUT2D eigenvalue weighted by molar-refractivity contribution is -0.148. The molecule has 1 unspecified atom stereocenters. The number of aliphatic carboxylic acids is 1. The Morgan fingerprint density at radius 3 is 2.53 bits per heavy atom.